The number of benzene rings is 2. The Balaban J connectivity index is 0.00000385. The second-order valence-corrected chi connectivity index (χ2v) is 7.73. The van der Waals surface area contributed by atoms with E-state index in [1.165, 1.54) is 7.11 Å². The number of carbonyl (C=O) groups excluding carboxylic acids is 4. The van der Waals surface area contributed by atoms with Crippen molar-refractivity contribution >= 4 is 53.3 Å². The van der Waals surface area contributed by atoms with Gasteiger partial charge in [-0.1, -0.05) is 24.3 Å². The number of thioether (sulfide) groups is 1. The van der Waals surface area contributed by atoms with Crippen LogP contribution in [0.25, 0.3) is 6.08 Å². The minimum Gasteiger partial charge on any atom is -0.467 e. The summed E-state index contributed by atoms with van der Waals surface area (Å²) in [5, 5.41) is 4.36. The summed E-state index contributed by atoms with van der Waals surface area (Å²) >= 11 is 0.860. The molecule has 0 bridgehead atoms. The normalized spacial score (nSPS) is 14.8. The average molecular weight is 492 g/mol. The van der Waals surface area contributed by atoms with Gasteiger partial charge in [0.25, 0.3) is 11.1 Å². The third-order valence-corrected chi connectivity index (χ3v) is 5.24. The van der Waals surface area contributed by atoms with E-state index in [4.69, 9.17) is 15.2 Å². The molecule has 33 heavy (non-hydrogen) atoms. The molecule has 1 aliphatic heterocycles. The quantitative estimate of drug-likeness (QED) is 0.378. The van der Waals surface area contributed by atoms with E-state index in [0.29, 0.717) is 16.4 Å². The molecular weight excluding hydrogens is 470 g/mol. The number of hydrogen-bond acceptors (Lipinski definition) is 8. The number of rotatable bonds is 8. The minimum atomic E-state index is -0.833. The molecule has 9 nitrogen and oxygen atoms in total. The highest BCUT2D eigenvalue weighted by Crippen LogP contribution is 2.27. The molecule has 1 fully saturated rings. The zero-order valence-corrected chi connectivity index (χ0v) is 19.2. The Kier molecular flexibility index (Phi) is 9.46. The van der Waals surface area contributed by atoms with E-state index in [9.17, 15) is 19.2 Å². The molecule has 3 rings (SSSR count). The number of ether oxygens (including phenoxy) is 2. The van der Waals surface area contributed by atoms with Crippen LogP contribution in [0.15, 0.2) is 53.4 Å². The number of amides is 3. The molecule has 4 N–H and O–H groups in total. The first-order chi connectivity index (χ1) is 15.4. The lowest BCUT2D eigenvalue weighted by molar-refractivity contribution is -0.144. The molecule has 1 aliphatic rings. The molecule has 1 atom stereocenters. The summed E-state index contributed by atoms with van der Waals surface area (Å²) in [5.41, 5.74) is 6.85. The smallest absolute Gasteiger partial charge is 0.328 e. The Hall–Kier alpha value is -3.34. The summed E-state index contributed by atoms with van der Waals surface area (Å²) in [7, 11) is 1.25. The van der Waals surface area contributed by atoms with Crippen molar-refractivity contribution in [2.45, 2.75) is 12.5 Å². The number of esters is 1. The predicted octanol–water partition coefficient (Wildman–Crippen LogP) is 2.38. The highest BCUT2D eigenvalue weighted by atomic mass is 35.5. The number of halogens is 1. The number of hydrogen-bond donors (Lipinski definition) is 3. The van der Waals surface area contributed by atoms with Crippen LogP contribution < -0.4 is 21.1 Å². The van der Waals surface area contributed by atoms with Gasteiger partial charge in [0.1, 0.15) is 17.5 Å². The highest BCUT2D eigenvalue weighted by molar-refractivity contribution is 8.18. The Bertz CT molecular complexity index is 1060. The zero-order valence-electron chi connectivity index (χ0n) is 17.5. The summed E-state index contributed by atoms with van der Waals surface area (Å²) in [6.45, 7) is -0.222. The second-order valence-electron chi connectivity index (χ2n) is 6.72. The van der Waals surface area contributed by atoms with Crippen LogP contribution >= 0.6 is 24.2 Å². The van der Waals surface area contributed by atoms with Gasteiger partial charge in [-0.3, -0.25) is 19.7 Å². The first kappa shape index (κ1) is 25.9. The maximum atomic E-state index is 11.9. The van der Waals surface area contributed by atoms with E-state index in [2.05, 4.69) is 10.6 Å². The van der Waals surface area contributed by atoms with E-state index in [1.807, 2.05) is 0 Å². The molecule has 0 radical (unpaired) electrons. The molecule has 0 saturated carbocycles. The van der Waals surface area contributed by atoms with Crippen molar-refractivity contribution in [3.05, 3.63) is 64.6 Å². The fourth-order valence-electron chi connectivity index (χ4n) is 2.86. The minimum absolute atomic E-state index is 0. The zero-order chi connectivity index (χ0) is 23.1. The molecule has 1 saturated heterocycles. The van der Waals surface area contributed by atoms with Crippen LogP contribution in [-0.4, -0.2) is 42.7 Å². The monoisotopic (exact) mass is 491 g/mol. The van der Waals surface area contributed by atoms with Crippen molar-refractivity contribution in [1.82, 2.24) is 10.6 Å². The Morgan fingerprint density at radius 2 is 1.70 bits per heavy atom. The van der Waals surface area contributed by atoms with Crippen molar-refractivity contribution in [2.24, 2.45) is 5.73 Å². The van der Waals surface area contributed by atoms with Crippen molar-refractivity contribution in [3.8, 4) is 11.5 Å². The molecular formula is C22H22ClN3O6S. The van der Waals surface area contributed by atoms with Crippen LogP contribution in [0.3, 0.4) is 0 Å². The van der Waals surface area contributed by atoms with Crippen LogP contribution in [0.5, 0.6) is 11.5 Å². The first-order valence-corrected chi connectivity index (χ1v) is 10.4. The summed E-state index contributed by atoms with van der Waals surface area (Å²) < 4.78 is 10.5. The summed E-state index contributed by atoms with van der Waals surface area (Å²) in [6, 6.07) is 13.3. The maximum absolute atomic E-state index is 11.9. The molecule has 2 aromatic carbocycles. The Morgan fingerprint density at radius 3 is 2.21 bits per heavy atom. The molecule has 11 heteroatoms. The largest absolute Gasteiger partial charge is 0.467 e. The lowest BCUT2D eigenvalue weighted by Crippen LogP contribution is -2.45. The van der Waals surface area contributed by atoms with Gasteiger partial charge in [0, 0.05) is 6.42 Å². The number of nitrogens with one attached hydrogen (secondary N) is 2. The van der Waals surface area contributed by atoms with Gasteiger partial charge in [-0.25, -0.2) is 4.79 Å². The van der Waals surface area contributed by atoms with Crippen molar-refractivity contribution in [3.63, 3.8) is 0 Å². The van der Waals surface area contributed by atoms with Gasteiger partial charge in [-0.2, -0.15) is 0 Å². The topological polar surface area (TPSA) is 137 Å². The van der Waals surface area contributed by atoms with Crippen LogP contribution in [0.2, 0.25) is 0 Å². The van der Waals surface area contributed by atoms with Gasteiger partial charge in [-0.05, 0) is 53.2 Å². The van der Waals surface area contributed by atoms with Crippen LogP contribution in [0, 0.1) is 0 Å². The van der Waals surface area contributed by atoms with Gasteiger partial charge in [-0.15, -0.1) is 12.4 Å². The molecule has 1 unspecified atom stereocenters. The van der Waals surface area contributed by atoms with Gasteiger partial charge < -0.3 is 20.5 Å². The van der Waals surface area contributed by atoms with E-state index < -0.39 is 23.8 Å². The summed E-state index contributed by atoms with van der Waals surface area (Å²) in [6.07, 6.45) is 1.88. The Morgan fingerprint density at radius 1 is 1.09 bits per heavy atom. The molecule has 174 valence electrons. The molecule has 0 aliphatic carbocycles. The molecule has 1 heterocycles. The first-order valence-electron chi connectivity index (χ1n) is 9.57. The lowest BCUT2D eigenvalue weighted by Gasteiger charge is -2.16. The standard InChI is InChI=1S/C22H21N3O6S.ClH/c1-30-21(28)17(24-19(26)12-23)10-13-2-6-15(7-3-13)31-16-8-4-14(5-9-16)11-18-20(27)25-22(29)32-18;/h2-9,11,17H,10,12,23H2,1H3,(H,24,26)(H,25,27,29);1H. The van der Waals surface area contributed by atoms with Crippen LogP contribution in [0.4, 0.5) is 4.79 Å². The SMILES string of the molecule is COC(=O)C(Cc1ccc(Oc2ccc(C=C3SC(=O)NC3=O)cc2)cc1)NC(=O)CN.Cl. The van der Waals surface area contributed by atoms with E-state index >= 15 is 0 Å². The fourth-order valence-corrected chi connectivity index (χ4v) is 3.54. The third kappa shape index (κ3) is 7.35. The fraction of sp³-hybridized carbons (Fsp3) is 0.182. The van der Waals surface area contributed by atoms with Crippen molar-refractivity contribution in [2.75, 3.05) is 13.7 Å². The predicted molar refractivity (Wildman–Crippen MR) is 126 cm³/mol. The summed E-state index contributed by atoms with van der Waals surface area (Å²) in [5.74, 6) is -0.241. The van der Waals surface area contributed by atoms with Gasteiger partial charge >= 0.3 is 5.97 Å². The van der Waals surface area contributed by atoms with Gasteiger partial charge in [0.2, 0.25) is 5.91 Å². The number of nitrogens with two attached hydrogens (primary N) is 1. The van der Waals surface area contributed by atoms with Crippen LogP contribution in [-0.2, 0) is 25.5 Å². The Labute approximate surface area is 200 Å². The van der Waals surface area contributed by atoms with E-state index in [-0.39, 0.29) is 30.6 Å². The summed E-state index contributed by atoms with van der Waals surface area (Å²) in [4.78, 5) is 46.6. The van der Waals surface area contributed by atoms with E-state index in [0.717, 1.165) is 22.9 Å². The van der Waals surface area contributed by atoms with Crippen LogP contribution in [0.1, 0.15) is 11.1 Å². The molecule has 0 spiro atoms. The second kappa shape index (κ2) is 12.0. The van der Waals surface area contributed by atoms with Gasteiger partial charge in [0.05, 0.1) is 18.6 Å². The number of methoxy groups -OCH3 is 1. The van der Waals surface area contributed by atoms with E-state index in [1.54, 1.807) is 54.6 Å². The third-order valence-electron chi connectivity index (χ3n) is 4.43. The maximum Gasteiger partial charge on any atom is 0.328 e. The molecule has 3 amide bonds. The molecule has 2 aromatic rings. The van der Waals surface area contributed by atoms with Crippen molar-refractivity contribution < 1.29 is 28.7 Å². The lowest BCUT2D eigenvalue weighted by atomic mass is 10.1. The average Bonchev–Trinajstić information content (AvgIpc) is 3.11. The van der Waals surface area contributed by atoms with Crippen molar-refractivity contribution in [1.29, 1.82) is 0 Å². The number of carbonyl (C=O) groups is 4. The molecule has 0 aromatic heterocycles. The highest BCUT2D eigenvalue weighted by Gasteiger charge is 2.25. The number of imide groups is 1. The van der Waals surface area contributed by atoms with Gasteiger partial charge in [0.15, 0.2) is 0 Å².